The van der Waals surface area contributed by atoms with E-state index in [9.17, 15) is 10.0 Å². The number of benzene rings is 2. The second-order valence-corrected chi connectivity index (χ2v) is 5.48. The molecule has 0 saturated heterocycles. The van der Waals surface area contributed by atoms with E-state index in [1.54, 1.807) is 42.7 Å². The molecular formula is C19H14N2O4. The predicted molar refractivity (Wildman–Crippen MR) is 90.7 cm³/mol. The number of pyridine rings is 1. The average molecular weight is 334 g/mol. The minimum atomic E-state index is -0.661. The van der Waals surface area contributed by atoms with Crippen molar-refractivity contribution in [1.29, 1.82) is 0 Å². The molecule has 0 bridgehead atoms. The number of furan rings is 1. The van der Waals surface area contributed by atoms with Gasteiger partial charge >= 0.3 is 5.91 Å². The van der Waals surface area contributed by atoms with Crippen LogP contribution in [0.25, 0.3) is 21.9 Å². The van der Waals surface area contributed by atoms with Crippen molar-refractivity contribution in [1.82, 2.24) is 10.2 Å². The third-order valence-corrected chi connectivity index (χ3v) is 3.91. The summed E-state index contributed by atoms with van der Waals surface area (Å²) in [6, 6.07) is 16.0. The lowest BCUT2D eigenvalue weighted by Crippen LogP contribution is -2.27. The maximum absolute atomic E-state index is 12.6. The Morgan fingerprint density at radius 2 is 1.80 bits per heavy atom. The molecule has 0 aliphatic rings. The van der Waals surface area contributed by atoms with Gasteiger partial charge in [-0.1, -0.05) is 29.5 Å². The lowest BCUT2D eigenvalue weighted by Gasteiger charge is -2.14. The maximum Gasteiger partial charge on any atom is 0.304 e. The fraction of sp³-hybridized carbons (Fsp3) is 0.0526. The lowest BCUT2D eigenvalue weighted by molar-refractivity contribution is -0.303. The fourth-order valence-corrected chi connectivity index (χ4v) is 2.73. The molecule has 2 aromatic heterocycles. The predicted octanol–water partition coefficient (Wildman–Crippen LogP) is 3.94. The molecule has 6 heteroatoms. The number of amides is 1. The molecule has 1 N–H and O–H groups in total. The van der Waals surface area contributed by atoms with Crippen LogP contribution in [0.5, 0.6) is 0 Å². The summed E-state index contributed by atoms with van der Waals surface area (Å²) < 4.78 is 5.75. The van der Waals surface area contributed by atoms with Crippen LogP contribution in [0.3, 0.4) is 0 Å². The zero-order valence-corrected chi connectivity index (χ0v) is 13.1. The highest BCUT2D eigenvalue weighted by Gasteiger charge is 2.21. The van der Waals surface area contributed by atoms with Crippen molar-refractivity contribution < 1.29 is 19.3 Å². The second kappa shape index (κ2) is 6.35. The SMILES string of the molecule is O=C(c1cccc2oc3ccccc3c12)N(O)OCc1ccncc1. The van der Waals surface area contributed by atoms with Crippen LogP contribution < -0.4 is 0 Å². The molecular weight excluding hydrogens is 320 g/mol. The molecule has 6 nitrogen and oxygen atoms in total. The molecule has 4 aromatic rings. The molecule has 0 fully saturated rings. The van der Waals surface area contributed by atoms with Gasteiger partial charge in [0.25, 0.3) is 0 Å². The van der Waals surface area contributed by atoms with E-state index in [2.05, 4.69) is 4.98 Å². The van der Waals surface area contributed by atoms with Crippen LogP contribution in [0.2, 0.25) is 0 Å². The van der Waals surface area contributed by atoms with Crippen LogP contribution in [0.4, 0.5) is 0 Å². The van der Waals surface area contributed by atoms with Crippen molar-refractivity contribution in [2.75, 3.05) is 0 Å². The first-order valence-corrected chi connectivity index (χ1v) is 7.69. The molecule has 4 rings (SSSR count). The topological polar surface area (TPSA) is 75.8 Å². The molecule has 0 saturated carbocycles. The number of aromatic nitrogens is 1. The summed E-state index contributed by atoms with van der Waals surface area (Å²) in [5.74, 6) is -0.661. The minimum Gasteiger partial charge on any atom is -0.456 e. The number of carbonyl (C=O) groups is 1. The van der Waals surface area contributed by atoms with E-state index in [4.69, 9.17) is 9.25 Å². The van der Waals surface area contributed by atoms with Gasteiger partial charge in [-0.2, -0.15) is 0 Å². The van der Waals surface area contributed by atoms with E-state index < -0.39 is 5.91 Å². The molecule has 1 amide bonds. The number of hydrogen-bond acceptors (Lipinski definition) is 5. The Balaban J connectivity index is 1.65. The first-order valence-electron chi connectivity index (χ1n) is 7.69. The molecule has 25 heavy (non-hydrogen) atoms. The average Bonchev–Trinajstić information content (AvgIpc) is 3.05. The number of hydroxylamine groups is 2. The van der Waals surface area contributed by atoms with Crippen LogP contribution in [0.15, 0.2) is 71.4 Å². The molecule has 0 spiro atoms. The van der Waals surface area contributed by atoms with Gasteiger partial charge in [0.2, 0.25) is 0 Å². The van der Waals surface area contributed by atoms with Crippen molar-refractivity contribution in [2.24, 2.45) is 0 Å². The molecule has 0 unspecified atom stereocenters. The smallest absolute Gasteiger partial charge is 0.304 e. The van der Waals surface area contributed by atoms with Gasteiger partial charge in [0.05, 0.1) is 5.56 Å². The van der Waals surface area contributed by atoms with Crippen LogP contribution in [0, 0.1) is 0 Å². The first kappa shape index (κ1) is 15.3. The monoisotopic (exact) mass is 334 g/mol. The van der Waals surface area contributed by atoms with Gasteiger partial charge < -0.3 is 4.42 Å². The van der Waals surface area contributed by atoms with E-state index >= 15 is 0 Å². The quantitative estimate of drug-likeness (QED) is 0.452. The summed E-state index contributed by atoms with van der Waals surface area (Å²) in [6.45, 7) is 0.0485. The largest absolute Gasteiger partial charge is 0.456 e. The third-order valence-electron chi connectivity index (χ3n) is 3.91. The second-order valence-electron chi connectivity index (χ2n) is 5.48. The molecule has 2 heterocycles. The van der Waals surface area contributed by atoms with Gasteiger partial charge in [-0.05, 0) is 35.9 Å². The van der Waals surface area contributed by atoms with E-state index in [0.29, 0.717) is 22.1 Å². The van der Waals surface area contributed by atoms with Crippen molar-refractivity contribution in [3.05, 3.63) is 78.1 Å². The highest BCUT2D eigenvalue weighted by molar-refractivity contribution is 6.15. The van der Waals surface area contributed by atoms with Gasteiger partial charge in [-0.3, -0.25) is 15.0 Å². The van der Waals surface area contributed by atoms with E-state index in [1.165, 1.54) is 0 Å². The van der Waals surface area contributed by atoms with Gasteiger partial charge in [-0.15, -0.1) is 0 Å². The Kier molecular flexibility index (Phi) is 3.89. The molecule has 0 aliphatic carbocycles. The summed E-state index contributed by atoms with van der Waals surface area (Å²) in [5.41, 5.74) is 2.35. The van der Waals surface area contributed by atoms with Crippen LogP contribution in [-0.4, -0.2) is 21.3 Å². The highest BCUT2D eigenvalue weighted by atomic mass is 16.9. The van der Waals surface area contributed by atoms with E-state index in [0.717, 1.165) is 10.9 Å². The molecule has 0 aliphatic heterocycles. The number of hydrogen-bond donors (Lipinski definition) is 1. The van der Waals surface area contributed by atoms with Crippen LogP contribution >= 0.6 is 0 Å². The molecule has 2 aromatic carbocycles. The highest BCUT2D eigenvalue weighted by Crippen LogP contribution is 2.31. The Morgan fingerprint density at radius 1 is 1.04 bits per heavy atom. The van der Waals surface area contributed by atoms with E-state index in [1.807, 2.05) is 24.3 Å². The summed E-state index contributed by atoms with van der Waals surface area (Å²) in [4.78, 5) is 21.7. The Labute approximate surface area is 142 Å². The standard InChI is InChI=1S/C19H14N2O4/c22-19(21(23)24-12-13-8-10-20-11-9-13)15-5-3-7-17-18(15)14-4-1-2-6-16(14)25-17/h1-11,23H,12H2. The van der Waals surface area contributed by atoms with Crippen molar-refractivity contribution >= 4 is 27.8 Å². The molecule has 0 atom stereocenters. The zero-order valence-electron chi connectivity index (χ0n) is 13.1. The van der Waals surface area contributed by atoms with Crippen LogP contribution in [-0.2, 0) is 11.4 Å². The Hall–Kier alpha value is -3.22. The van der Waals surface area contributed by atoms with Gasteiger partial charge in [0.15, 0.2) is 0 Å². The summed E-state index contributed by atoms with van der Waals surface area (Å²) in [7, 11) is 0. The number of rotatable bonds is 4. The summed E-state index contributed by atoms with van der Waals surface area (Å²) in [6.07, 6.45) is 3.22. The molecule has 124 valence electrons. The number of carbonyl (C=O) groups excluding carboxylic acids is 1. The number of nitrogens with zero attached hydrogens (tertiary/aromatic N) is 2. The zero-order chi connectivity index (χ0) is 17.2. The number of fused-ring (bicyclic) bond motifs is 3. The van der Waals surface area contributed by atoms with Gasteiger partial charge in [0.1, 0.15) is 17.8 Å². The third kappa shape index (κ3) is 2.84. The molecule has 0 radical (unpaired) electrons. The summed E-state index contributed by atoms with van der Waals surface area (Å²) in [5, 5.41) is 11.7. The van der Waals surface area contributed by atoms with Gasteiger partial charge in [0, 0.05) is 23.2 Å². The minimum absolute atomic E-state index is 0.0485. The maximum atomic E-state index is 12.6. The van der Waals surface area contributed by atoms with Crippen molar-refractivity contribution in [3.63, 3.8) is 0 Å². The summed E-state index contributed by atoms with van der Waals surface area (Å²) >= 11 is 0. The normalized spacial score (nSPS) is 11.1. The van der Waals surface area contributed by atoms with Crippen molar-refractivity contribution in [2.45, 2.75) is 6.61 Å². The van der Waals surface area contributed by atoms with Crippen LogP contribution in [0.1, 0.15) is 15.9 Å². The lowest BCUT2D eigenvalue weighted by atomic mass is 10.1. The van der Waals surface area contributed by atoms with E-state index in [-0.39, 0.29) is 11.8 Å². The Morgan fingerprint density at radius 3 is 2.64 bits per heavy atom. The number of para-hydroxylation sites is 1. The van der Waals surface area contributed by atoms with Gasteiger partial charge in [-0.25, -0.2) is 4.84 Å². The Bertz CT molecular complexity index is 1040. The first-order chi connectivity index (χ1) is 12.2. The fourth-order valence-electron chi connectivity index (χ4n) is 2.73. The van der Waals surface area contributed by atoms with Crippen molar-refractivity contribution in [3.8, 4) is 0 Å².